The minimum atomic E-state index is -0.329. The second-order valence-corrected chi connectivity index (χ2v) is 8.46. The maximum Gasteiger partial charge on any atom is 0.323 e. The first-order valence-electron chi connectivity index (χ1n) is 10.8. The van der Waals surface area contributed by atoms with Crippen LogP contribution >= 0.6 is 23.2 Å². The van der Waals surface area contributed by atoms with E-state index in [1.165, 1.54) is 12.4 Å². The number of piperazine rings is 1. The lowest BCUT2D eigenvalue weighted by Crippen LogP contribution is -2.51. The van der Waals surface area contributed by atoms with Gasteiger partial charge in [-0.2, -0.15) is 0 Å². The molecule has 3 aromatic rings. The van der Waals surface area contributed by atoms with Gasteiger partial charge in [0.15, 0.2) is 11.0 Å². The van der Waals surface area contributed by atoms with E-state index in [9.17, 15) is 9.59 Å². The van der Waals surface area contributed by atoms with Crippen molar-refractivity contribution >= 4 is 41.0 Å². The highest BCUT2D eigenvalue weighted by molar-refractivity contribution is 6.32. The van der Waals surface area contributed by atoms with Gasteiger partial charge in [-0.1, -0.05) is 41.4 Å². The summed E-state index contributed by atoms with van der Waals surface area (Å²) < 4.78 is 5.85. The quantitative estimate of drug-likeness (QED) is 0.543. The molecule has 4 rings (SSSR count). The zero-order chi connectivity index (χ0) is 23.9. The Kier molecular flexibility index (Phi) is 7.82. The highest BCUT2D eigenvalue weighted by Gasteiger charge is 2.25. The number of carbonyl (C=O) groups is 2. The van der Waals surface area contributed by atoms with Gasteiger partial charge in [-0.05, 0) is 35.9 Å². The zero-order valence-corrected chi connectivity index (χ0v) is 19.8. The van der Waals surface area contributed by atoms with Crippen molar-refractivity contribution in [2.24, 2.45) is 0 Å². The lowest BCUT2D eigenvalue weighted by Gasteiger charge is -2.34. The smallest absolute Gasteiger partial charge is 0.323 e. The van der Waals surface area contributed by atoms with Gasteiger partial charge in [0.1, 0.15) is 5.75 Å². The van der Waals surface area contributed by atoms with Crippen molar-refractivity contribution in [1.82, 2.24) is 19.8 Å². The third-order valence-electron chi connectivity index (χ3n) is 5.36. The summed E-state index contributed by atoms with van der Waals surface area (Å²) in [6.45, 7) is 2.10. The SMILES string of the molecule is O=C(Nc1nccnc1Cl)N1CCN(C(=O)c2cccc(OCCc3cccc(Cl)c3)c2)CC1. The molecule has 2 aromatic carbocycles. The van der Waals surface area contributed by atoms with E-state index in [1.807, 2.05) is 30.3 Å². The molecule has 1 aliphatic heterocycles. The van der Waals surface area contributed by atoms with Crippen molar-refractivity contribution in [2.45, 2.75) is 6.42 Å². The first-order chi connectivity index (χ1) is 16.5. The van der Waals surface area contributed by atoms with Gasteiger partial charge < -0.3 is 14.5 Å². The third-order valence-corrected chi connectivity index (χ3v) is 5.87. The van der Waals surface area contributed by atoms with Gasteiger partial charge in [0.05, 0.1) is 6.61 Å². The Bertz CT molecular complexity index is 1170. The minimum Gasteiger partial charge on any atom is -0.493 e. The fourth-order valence-corrected chi connectivity index (χ4v) is 3.94. The van der Waals surface area contributed by atoms with Gasteiger partial charge in [0.2, 0.25) is 0 Å². The topological polar surface area (TPSA) is 87.7 Å². The summed E-state index contributed by atoms with van der Waals surface area (Å²) in [7, 11) is 0. The van der Waals surface area contributed by atoms with Crippen molar-refractivity contribution < 1.29 is 14.3 Å². The van der Waals surface area contributed by atoms with Crippen LogP contribution in [-0.4, -0.2) is 64.5 Å². The molecule has 1 aliphatic rings. The molecule has 3 amide bonds. The molecule has 0 atom stereocenters. The monoisotopic (exact) mass is 499 g/mol. The molecule has 8 nitrogen and oxygen atoms in total. The van der Waals surface area contributed by atoms with Crippen molar-refractivity contribution in [3.63, 3.8) is 0 Å². The Hall–Kier alpha value is -3.36. The van der Waals surface area contributed by atoms with Gasteiger partial charge in [-0.15, -0.1) is 0 Å². The molecule has 34 heavy (non-hydrogen) atoms. The predicted molar refractivity (Wildman–Crippen MR) is 131 cm³/mol. The number of hydrogen-bond donors (Lipinski definition) is 1. The summed E-state index contributed by atoms with van der Waals surface area (Å²) in [6.07, 6.45) is 3.61. The largest absolute Gasteiger partial charge is 0.493 e. The van der Waals surface area contributed by atoms with E-state index >= 15 is 0 Å². The molecule has 0 unspecified atom stereocenters. The number of benzene rings is 2. The molecule has 1 saturated heterocycles. The average molecular weight is 500 g/mol. The summed E-state index contributed by atoms with van der Waals surface area (Å²) in [6, 6.07) is 14.5. The second kappa shape index (κ2) is 11.2. The number of ether oxygens (including phenoxy) is 1. The van der Waals surface area contributed by atoms with Gasteiger partial charge in [-0.25, -0.2) is 14.8 Å². The number of urea groups is 1. The normalized spacial score (nSPS) is 13.5. The fourth-order valence-electron chi connectivity index (χ4n) is 3.58. The standard InChI is InChI=1S/C24H23Cl2N5O3/c25-19-5-1-3-17(15-19)7-14-34-20-6-2-4-18(16-20)23(32)30-10-12-31(13-11-30)24(33)29-22-21(26)27-8-9-28-22/h1-6,8-9,15-16H,7,10-14H2,(H,28,29,33). The molecule has 2 heterocycles. The third kappa shape index (κ3) is 6.15. The number of carbonyl (C=O) groups excluding carboxylic acids is 2. The Balaban J connectivity index is 1.28. The molecule has 0 radical (unpaired) electrons. The van der Waals surface area contributed by atoms with Crippen LogP contribution in [0.2, 0.25) is 10.2 Å². The molecule has 0 spiro atoms. The number of hydrogen-bond acceptors (Lipinski definition) is 5. The van der Waals surface area contributed by atoms with Crippen LogP contribution in [0.1, 0.15) is 15.9 Å². The van der Waals surface area contributed by atoms with Crippen LogP contribution < -0.4 is 10.1 Å². The molecule has 0 bridgehead atoms. The number of rotatable bonds is 6. The highest BCUT2D eigenvalue weighted by atomic mass is 35.5. The van der Waals surface area contributed by atoms with E-state index in [0.29, 0.717) is 55.5 Å². The number of amides is 3. The van der Waals surface area contributed by atoms with Crippen LogP contribution in [0.15, 0.2) is 60.9 Å². The number of aromatic nitrogens is 2. The summed E-state index contributed by atoms with van der Waals surface area (Å²) in [5, 5.41) is 3.47. The van der Waals surface area contributed by atoms with Crippen LogP contribution in [0.25, 0.3) is 0 Å². The van der Waals surface area contributed by atoms with E-state index in [0.717, 1.165) is 5.56 Å². The number of halogens is 2. The molecule has 0 aliphatic carbocycles. The van der Waals surface area contributed by atoms with Gasteiger partial charge in [0, 0.05) is 55.6 Å². The molecular formula is C24H23Cl2N5O3. The maximum absolute atomic E-state index is 13.0. The molecule has 1 fully saturated rings. The Morgan fingerprint density at radius 3 is 2.44 bits per heavy atom. The van der Waals surface area contributed by atoms with Gasteiger partial charge in [-0.3, -0.25) is 10.1 Å². The summed E-state index contributed by atoms with van der Waals surface area (Å²) in [4.78, 5) is 36.7. The van der Waals surface area contributed by atoms with Gasteiger partial charge in [0.25, 0.3) is 5.91 Å². The van der Waals surface area contributed by atoms with Crippen molar-refractivity contribution in [3.05, 3.63) is 82.2 Å². The molecule has 176 valence electrons. The average Bonchev–Trinajstić information content (AvgIpc) is 2.85. The molecule has 1 aromatic heterocycles. The molecular weight excluding hydrogens is 477 g/mol. The molecule has 1 N–H and O–H groups in total. The Labute approximate surface area is 207 Å². The van der Waals surface area contributed by atoms with Crippen LogP contribution in [-0.2, 0) is 6.42 Å². The Morgan fingerprint density at radius 2 is 1.68 bits per heavy atom. The molecule has 0 saturated carbocycles. The predicted octanol–water partition coefficient (Wildman–Crippen LogP) is 4.39. The van der Waals surface area contributed by atoms with Crippen LogP contribution in [0.3, 0.4) is 0 Å². The first-order valence-corrected chi connectivity index (χ1v) is 11.5. The summed E-state index contributed by atoms with van der Waals surface area (Å²) >= 11 is 12.0. The van der Waals surface area contributed by atoms with E-state index in [4.69, 9.17) is 27.9 Å². The van der Waals surface area contributed by atoms with Gasteiger partial charge >= 0.3 is 6.03 Å². The number of nitrogens with one attached hydrogen (secondary N) is 1. The number of nitrogens with zero attached hydrogens (tertiary/aromatic N) is 4. The van der Waals surface area contributed by atoms with E-state index in [-0.39, 0.29) is 22.9 Å². The van der Waals surface area contributed by atoms with E-state index in [2.05, 4.69) is 15.3 Å². The van der Waals surface area contributed by atoms with E-state index < -0.39 is 0 Å². The minimum absolute atomic E-state index is 0.0997. The Morgan fingerprint density at radius 1 is 0.941 bits per heavy atom. The van der Waals surface area contributed by atoms with Crippen molar-refractivity contribution in [3.8, 4) is 5.75 Å². The van der Waals surface area contributed by atoms with E-state index in [1.54, 1.807) is 28.0 Å². The summed E-state index contributed by atoms with van der Waals surface area (Å²) in [5.74, 6) is 0.740. The van der Waals surface area contributed by atoms with Crippen molar-refractivity contribution in [1.29, 1.82) is 0 Å². The fraction of sp³-hybridized carbons (Fsp3) is 0.250. The second-order valence-electron chi connectivity index (χ2n) is 7.66. The lowest BCUT2D eigenvalue weighted by molar-refractivity contribution is 0.0671. The maximum atomic E-state index is 13.0. The van der Waals surface area contributed by atoms with Crippen LogP contribution in [0.4, 0.5) is 10.6 Å². The van der Waals surface area contributed by atoms with Crippen LogP contribution in [0, 0.1) is 0 Å². The summed E-state index contributed by atoms with van der Waals surface area (Å²) in [5.41, 5.74) is 1.63. The lowest BCUT2D eigenvalue weighted by atomic mass is 10.1. The highest BCUT2D eigenvalue weighted by Crippen LogP contribution is 2.18. The number of anilines is 1. The van der Waals surface area contributed by atoms with Crippen LogP contribution in [0.5, 0.6) is 5.75 Å². The first kappa shape index (κ1) is 23.8. The molecule has 10 heteroatoms. The zero-order valence-electron chi connectivity index (χ0n) is 18.3. The van der Waals surface area contributed by atoms with Crippen molar-refractivity contribution in [2.75, 3.05) is 38.1 Å².